The summed E-state index contributed by atoms with van der Waals surface area (Å²) in [5.41, 5.74) is 2.37. The number of piperidine rings is 1. The molecule has 3 nitrogen and oxygen atoms in total. The molecule has 1 heterocycles. The van der Waals surface area contributed by atoms with Gasteiger partial charge in [-0.1, -0.05) is 45.8 Å². The molecule has 1 N–H and O–H groups in total. The molecule has 1 aliphatic rings. The highest BCUT2D eigenvalue weighted by Gasteiger charge is 2.19. The van der Waals surface area contributed by atoms with Gasteiger partial charge in [0.25, 0.3) is 0 Å². The highest BCUT2D eigenvalue weighted by Crippen LogP contribution is 2.17. The molecule has 0 aromatic heterocycles. The maximum Gasteiger partial charge on any atom is 0.244 e. The number of carbonyl (C=O) groups excluding carboxylic acids is 1. The first kappa shape index (κ1) is 18.0. The maximum absolute atomic E-state index is 12.1. The molecule has 0 spiro atoms. The number of likely N-dealkylation sites (tertiary alicyclic amines) is 1. The van der Waals surface area contributed by atoms with E-state index in [9.17, 15) is 4.79 Å². The molecule has 124 valence electrons. The number of nitrogens with one attached hydrogen (secondary N) is 1. The van der Waals surface area contributed by atoms with E-state index in [1.165, 1.54) is 5.57 Å². The molecular formula is C19H25BrN2O. The topological polar surface area (TPSA) is 32.3 Å². The number of amides is 1. The average molecular weight is 377 g/mol. The first-order valence-electron chi connectivity index (χ1n) is 8.13. The lowest BCUT2D eigenvalue weighted by Crippen LogP contribution is -2.44. The maximum atomic E-state index is 12.1. The minimum Gasteiger partial charge on any atom is -0.350 e. The Morgan fingerprint density at radius 1 is 1.30 bits per heavy atom. The molecule has 4 heteroatoms. The van der Waals surface area contributed by atoms with Gasteiger partial charge in [0.1, 0.15) is 0 Å². The van der Waals surface area contributed by atoms with Crippen molar-refractivity contribution in [1.82, 2.24) is 10.2 Å². The first-order chi connectivity index (χ1) is 11.0. The summed E-state index contributed by atoms with van der Waals surface area (Å²) in [6, 6.07) is 8.17. The van der Waals surface area contributed by atoms with Crippen LogP contribution in [0.15, 0.2) is 46.5 Å². The van der Waals surface area contributed by atoms with Gasteiger partial charge in [-0.25, -0.2) is 0 Å². The number of allylic oxidation sites excluding steroid dienone is 1. The summed E-state index contributed by atoms with van der Waals surface area (Å²) < 4.78 is 0.997. The van der Waals surface area contributed by atoms with Crippen LogP contribution >= 0.6 is 15.9 Å². The molecule has 0 unspecified atom stereocenters. The van der Waals surface area contributed by atoms with E-state index in [0.29, 0.717) is 0 Å². The second-order valence-electron chi connectivity index (χ2n) is 6.22. The van der Waals surface area contributed by atoms with Gasteiger partial charge in [-0.05, 0) is 44.4 Å². The van der Waals surface area contributed by atoms with Crippen molar-refractivity contribution >= 4 is 27.9 Å². The van der Waals surface area contributed by atoms with Gasteiger partial charge in [0, 0.05) is 36.2 Å². The van der Waals surface area contributed by atoms with E-state index < -0.39 is 0 Å². The summed E-state index contributed by atoms with van der Waals surface area (Å²) in [6.07, 6.45) is 7.77. The van der Waals surface area contributed by atoms with Crippen molar-refractivity contribution in [2.45, 2.75) is 32.7 Å². The van der Waals surface area contributed by atoms with Crippen LogP contribution in [0.5, 0.6) is 0 Å². The van der Waals surface area contributed by atoms with Crippen molar-refractivity contribution in [2.24, 2.45) is 0 Å². The monoisotopic (exact) mass is 376 g/mol. The SMILES string of the molecule is CC(C)=CCN1CCC(NC(=O)/C=C/c2ccccc2Br)CC1. The number of halogens is 1. The van der Waals surface area contributed by atoms with Crippen LogP contribution in [0.25, 0.3) is 6.08 Å². The van der Waals surface area contributed by atoms with Crippen molar-refractivity contribution in [1.29, 1.82) is 0 Å². The van der Waals surface area contributed by atoms with Gasteiger partial charge in [-0.2, -0.15) is 0 Å². The lowest BCUT2D eigenvalue weighted by atomic mass is 10.0. The van der Waals surface area contributed by atoms with Crippen LogP contribution in [0.3, 0.4) is 0 Å². The van der Waals surface area contributed by atoms with Crippen molar-refractivity contribution in [3.05, 3.63) is 52.0 Å². The number of nitrogens with zero attached hydrogens (tertiary/aromatic N) is 1. The van der Waals surface area contributed by atoms with E-state index in [1.807, 2.05) is 30.3 Å². The van der Waals surface area contributed by atoms with Crippen LogP contribution in [0.1, 0.15) is 32.3 Å². The molecule has 0 atom stereocenters. The van der Waals surface area contributed by atoms with Gasteiger partial charge < -0.3 is 5.32 Å². The van der Waals surface area contributed by atoms with E-state index in [2.05, 4.69) is 46.1 Å². The van der Waals surface area contributed by atoms with Crippen LogP contribution in [0, 0.1) is 0 Å². The van der Waals surface area contributed by atoms with Crippen molar-refractivity contribution in [2.75, 3.05) is 19.6 Å². The molecule has 1 aromatic rings. The zero-order chi connectivity index (χ0) is 16.7. The van der Waals surface area contributed by atoms with Gasteiger partial charge >= 0.3 is 0 Å². The predicted octanol–water partition coefficient (Wildman–Crippen LogP) is 4.01. The van der Waals surface area contributed by atoms with Crippen molar-refractivity contribution in [3.63, 3.8) is 0 Å². The van der Waals surface area contributed by atoms with Gasteiger partial charge in [0.15, 0.2) is 0 Å². The van der Waals surface area contributed by atoms with E-state index in [1.54, 1.807) is 6.08 Å². The van der Waals surface area contributed by atoms with Crippen LogP contribution in [0.2, 0.25) is 0 Å². The molecule has 1 aliphatic heterocycles. The van der Waals surface area contributed by atoms with Crippen LogP contribution < -0.4 is 5.32 Å². The molecule has 1 fully saturated rings. The molecule has 1 amide bonds. The Bertz CT molecular complexity index is 583. The van der Waals surface area contributed by atoms with Crippen molar-refractivity contribution in [3.8, 4) is 0 Å². The zero-order valence-electron chi connectivity index (χ0n) is 13.9. The Kier molecular flexibility index (Phi) is 7.06. The Morgan fingerprint density at radius 3 is 2.65 bits per heavy atom. The first-order valence-corrected chi connectivity index (χ1v) is 8.92. The fraction of sp³-hybridized carbons (Fsp3) is 0.421. The lowest BCUT2D eigenvalue weighted by Gasteiger charge is -2.31. The smallest absolute Gasteiger partial charge is 0.244 e. The number of benzene rings is 1. The average Bonchev–Trinajstić information content (AvgIpc) is 2.53. The minimum atomic E-state index is -0.0106. The minimum absolute atomic E-state index is 0.0106. The van der Waals surface area contributed by atoms with Gasteiger partial charge in [0.2, 0.25) is 5.91 Å². The zero-order valence-corrected chi connectivity index (χ0v) is 15.5. The molecular weight excluding hydrogens is 352 g/mol. The van der Waals surface area contributed by atoms with Crippen LogP contribution in [-0.2, 0) is 4.79 Å². The highest BCUT2D eigenvalue weighted by molar-refractivity contribution is 9.10. The summed E-state index contributed by atoms with van der Waals surface area (Å²) >= 11 is 3.48. The van der Waals surface area contributed by atoms with E-state index >= 15 is 0 Å². The number of hydrogen-bond acceptors (Lipinski definition) is 2. The van der Waals surface area contributed by atoms with Gasteiger partial charge in [0.05, 0.1) is 0 Å². The summed E-state index contributed by atoms with van der Waals surface area (Å²) in [4.78, 5) is 14.5. The molecule has 1 aromatic carbocycles. The molecule has 0 aliphatic carbocycles. The van der Waals surface area contributed by atoms with E-state index in [4.69, 9.17) is 0 Å². The molecule has 0 saturated carbocycles. The van der Waals surface area contributed by atoms with E-state index in [-0.39, 0.29) is 11.9 Å². The van der Waals surface area contributed by atoms with Crippen LogP contribution in [-0.4, -0.2) is 36.5 Å². The molecule has 0 radical (unpaired) electrons. The van der Waals surface area contributed by atoms with Gasteiger partial charge in [-0.3, -0.25) is 9.69 Å². The standard InChI is InChI=1S/C19H25BrN2O/c1-15(2)9-12-22-13-10-17(11-14-22)21-19(23)8-7-16-5-3-4-6-18(16)20/h3-9,17H,10-14H2,1-2H3,(H,21,23)/b8-7+. The number of carbonyl (C=O) groups is 1. The Balaban J connectivity index is 1.77. The predicted molar refractivity (Wildman–Crippen MR) is 100 cm³/mol. The molecule has 1 saturated heterocycles. The quantitative estimate of drug-likeness (QED) is 0.621. The molecule has 0 bridgehead atoms. The Labute approximate surface area is 147 Å². The van der Waals surface area contributed by atoms with Crippen LogP contribution in [0.4, 0.5) is 0 Å². The molecule has 23 heavy (non-hydrogen) atoms. The van der Waals surface area contributed by atoms with E-state index in [0.717, 1.165) is 42.5 Å². The number of hydrogen-bond donors (Lipinski definition) is 1. The third-order valence-electron chi connectivity index (χ3n) is 4.01. The highest BCUT2D eigenvalue weighted by atomic mass is 79.9. The summed E-state index contributed by atoms with van der Waals surface area (Å²) in [6.45, 7) is 7.37. The molecule has 2 rings (SSSR count). The lowest BCUT2D eigenvalue weighted by molar-refractivity contribution is -0.117. The summed E-state index contributed by atoms with van der Waals surface area (Å²) in [7, 11) is 0. The third-order valence-corrected chi connectivity index (χ3v) is 4.73. The van der Waals surface area contributed by atoms with Crippen molar-refractivity contribution < 1.29 is 4.79 Å². The summed E-state index contributed by atoms with van der Waals surface area (Å²) in [5, 5.41) is 3.11. The Hall–Kier alpha value is -1.39. The fourth-order valence-corrected chi connectivity index (χ4v) is 3.01. The largest absolute Gasteiger partial charge is 0.350 e. The number of rotatable bonds is 5. The normalized spacial score (nSPS) is 16.5. The van der Waals surface area contributed by atoms with Gasteiger partial charge in [-0.15, -0.1) is 0 Å². The second kappa shape index (κ2) is 9.04. The summed E-state index contributed by atoms with van der Waals surface area (Å²) in [5.74, 6) is -0.0106. The fourth-order valence-electron chi connectivity index (χ4n) is 2.60. The Morgan fingerprint density at radius 2 is 2.00 bits per heavy atom. The third kappa shape index (κ3) is 6.32. The second-order valence-corrected chi connectivity index (χ2v) is 7.07.